The fourth-order valence-corrected chi connectivity index (χ4v) is 8.97. The zero-order chi connectivity index (χ0) is 36.1. The van der Waals surface area contributed by atoms with Crippen LogP contribution in [0.3, 0.4) is 0 Å². The smallest absolute Gasteiger partial charge is 0.150 e. The van der Waals surface area contributed by atoms with Crippen molar-refractivity contribution >= 4 is 66.2 Å². The monoisotopic (exact) mass is 699 g/mol. The molecule has 0 spiro atoms. The van der Waals surface area contributed by atoms with Gasteiger partial charge in [-0.3, -0.25) is 8.97 Å². The van der Waals surface area contributed by atoms with Crippen LogP contribution in [0.15, 0.2) is 164 Å². The molecule has 11 rings (SSSR count). The van der Waals surface area contributed by atoms with E-state index in [9.17, 15) is 0 Å². The van der Waals surface area contributed by atoms with E-state index >= 15 is 4.39 Å². The summed E-state index contributed by atoms with van der Waals surface area (Å²) in [5, 5.41) is 5.23. The minimum absolute atomic E-state index is 0.284. The predicted octanol–water partition coefficient (Wildman–Crippen LogP) is 12.3. The highest BCUT2D eigenvalue weighted by Crippen LogP contribution is 2.55. The number of pyridine rings is 2. The van der Waals surface area contributed by atoms with E-state index in [0.29, 0.717) is 11.1 Å². The third kappa shape index (κ3) is 4.25. The Morgan fingerprint density at radius 2 is 1.30 bits per heavy atom. The second-order valence-electron chi connectivity index (χ2n) is 14.8. The fourth-order valence-electron chi connectivity index (χ4n) is 8.97. The lowest BCUT2D eigenvalue weighted by atomic mass is 9.73. The van der Waals surface area contributed by atoms with Gasteiger partial charge in [-0.05, 0) is 76.2 Å². The quantitative estimate of drug-likeness (QED) is 0.172. The van der Waals surface area contributed by atoms with Gasteiger partial charge in [-0.25, -0.2) is 14.4 Å². The standard InChI is InChI=1S/C48H34FN5/c1-48(2)38-15-7-9-17-41(38)53(32-12-4-3-5-13-32)46-39(48)24-23-36-35-22-20-31(29-42(35)54(45(36)46)43-18-10-11-25-50-43)44(49)30-19-21-33-34-14-6-8-16-40(34)52-27-26-51-47(52)37(33)28-30/h3-29,44H,1-2H3. The topological polar surface area (TPSA) is 38.4 Å². The molecule has 0 N–H and O–H groups in total. The predicted molar refractivity (Wildman–Crippen MR) is 219 cm³/mol. The molecule has 1 aliphatic heterocycles. The zero-order valence-electron chi connectivity index (χ0n) is 29.8. The van der Waals surface area contributed by atoms with Gasteiger partial charge in [0.25, 0.3) is 0 Å². The SMILES string of the molecule is CC1(C)c2ccccc2N(c2ccccc2)c2c1ccc1c3ccc(C(F)c4ccc5c6ccccc6n6ccnc6c5c4)cc3n(-c3ccccn3)c21. The van der Waals surface area contributed by atoms with Crippen molar-refractivity contribution in [3.8, 4) is 5.82 Å². The normalized spacial score (nSPS) is 14.2. The highest BCUT2D eigenvalue weighted by atomic mass is 19.1. The summed E-state index contributed by atoms with van der Waals surface area (Å²) in [6.45, 7) is 4.62. The van der Waals surface area contributed by atoms with Crippen molar-refractivity contribution in [3.05, 3.63) is 186 Å². The maximum Gasteiger partial charge on any atom is 0.150 e. The van der Waals surface area contributed by atoms with Crippen LogP contribution in [0, 0.1) is 0 Å². The Balaban J connectivity index is 1.17. The summed E-state index contributed by atoms with van der Waals surface area (Å²) < 4.78 is 21.4. The van der Waals surface area contributed by atoms with E-state index in [4.69, 9.17) is 9.97 Å². The van der Waals surface area contributed by atoms with Gasteiger partial charge in [0.2, 0.25) is 0 Å². The summed E-state index contributed by atoms with van der Waals surface area (Å²) in [5.41, 5.74) is 10.5. The van der Waals surface area contributed by atoms with E-state index in [1.54, 1.807) is 0 Å². The summed E-state index contributed by atoms with van der Waals surface area (Å²) >= 11 is 0. The first kappa shape index (κ1) is 30.8. The van der Waals surface area contributed by atoms with Crippen molar-refractivity contribution in [2.24, 2.45) is 0 Å². The Labute approximate surface area is 311 Å². The van der Waals surface area contributed by atoms with Crippen LogP contribution in [0.25, 0.3) is 54.9 Å². The van der Waals surface area contributed by atoms with Crippen molar-refractivity contribution in [2.75, 3.05) is 4.90 Å². The molecule has 0 saturated carbocycles. The fraction of sp³-hybridized carbons (Fsp3) is 0.0833. The van der Waals surface area contributed by atoms with Crippen LogP contribution >= 0.6 is 0 Å². The van der Waals surface area contributed by atoms with E-state index in [1.165, 1.54) is 11.1 Å². The Morgan fingerprint density at radius 1 is 0.574 bits per heavy atom. The van der Waals surface area contributed by atoms with Crippen molar-refractivity contribution in [3.63, 3.8) is 0 Å². The number of aromatic nitrogens is 4. The molecule has 1 atom stereocenters. The minimum Gasteiger partial charge on any atom is -0.308 e. The number of nitrogens with zero attached hydrogens (tertiary/aromatic N) is 5. The van der Waals surface area contributed by atoms with Crippen LogP contribution in [0.2, 0.25) is 0 Å². The molecule has 6 heteroatoms. The Kier molecular flexibility index (Phi) is 6.48. The molecule has 0 saturated heterocycles. The summed E-state index contributed by atoms with van der Waals surface area (Å²) in [6, 6.07) is 50.1. The molecule has 4 aromatic heterocycles. The van der Waals surface area contributed by atoms with Gasteiger partial charge in [-0.2, -0.15) is 0 Å². The number of fused-ring (bicyclic) bond motifs is 12. The Morgan fingerprint density at radius 3 is 2.15 bits per heavy atom. The molecule has 0 amide bonds. The maximum atomic E-state index is 17.1. The van der Waals surface area contributed by atoms with Crippen molar-refractivity contribution in [2.45, 2.75) is 25.4 Å². The molecule has 5 heterocycles. The van der Waals surface area contributed by atoms with Gasteiger partial charge >= 0.3 is 0 Å². The summed E-state index contributed by atoms with van der Waals surface area (Å²) in [6.07, 6.45) is 4.24. The molecule has 0 bridgehead atoms. The van der Waals surface area contributed by atoms with Gasteiger partial charge in [-0.15, -0.1) is 0 Å². The van der Waals surface area contributed by atoms with Gasteiger partial charge in [0.1, 0.15) is 11.5 Å². The molecular formula is C48H34FN5. The molecule has 6 aromatic carbocycles. The van der Waals surface area contributed by atoms with E-state index in [1.807, 2.05) is 79.3 Å². The molecule has 0 radical (unpaired) electrons. The summed E-state index contributed by atoms with van der Waals surface area (Å²) in [4.78, 5) is 12.0. The number of halogens is 1. The molecule has 5 nitrogen and oxygen atoms in total. The number of hydrogen-bond donors (Lipinski definition) is 0. The summed E-state index contributed by atoms with van der Waals surface area (Å²) in [7, 11) is 0. The van der Waals surface area contributed by atoms with Crippen LogP contribution in [0.1, 0.15) is 42.3 Å². The Bertz CT molecular complexity index is 3110. The second kappa shape index (κ2) is 11.4. The number of hydrogen-bond acceptors (Lipinski definition) is 3. The largest absolute Gasteiger partial charge is 0.308 e. The lowest BCUT2D eigenvalue weighted by molar-refractivity contribution is 0.402. The number of anilines is 3. The third-order valence-corrected chi connectivity index (χ3v) is 11.5. The van der Waals surface area contributed by atoms with Crippen molar-refractivity contribution in [1.82, 2.24) is 18.9 Å². The zero-order valence-corrected chi connectivity index (χ0v) is 29.8. The molecule has 1 aliphatic rings. The number of para-hydroxylation sites is 3. The second-order valence-corrected chi connectivity index (χ2v) is 14.8. The van der Waals surface area contributed by atoms with Crippen LogP contribution < -0.4 is 4.90 Å². The molecule has 10 aromatic rings. The van der Waals surface area contributed by atoms with Gasteiger partial charge in [0.15, 0.2) is 6.17 Å². The first-order chi connectivity index (χ1) is 26.5. The molecule has 54 heavy (non-hydrogen) atoms. The molecule has 0 fully saturated rings. The van der Waals surface area contributed by atoms with Crippen LogP contribution in [-0.2, 0) is 5.41 Å². The van der Waals surface area contributed by atoms with Gasteiger partial charge < -0.3 is 4.90 Å². The molecule has 258 valence electrons. The highest BCUT2D eigenvalue weighted by molar-refractivity contribution is 6.16. The summed E-state index contributed by atoms with van der Waals surface area (Å²) in [5.74, 6) is 0.780. The average molecular weight is 700 g/mol. The van der Waals surface area contributed by atoms with Crippen molar-refractivity contribution in [1.29, 1.82) is 0 Å². The highest BCUT2D eigenvalue weighted by Gasteiger charge is 2.39. The van der Waals surface area contributed by atoms with Crippen molar-refractivity contribution < 1.29 is 4.39 Å². The van der Waals surface area contributed by atoms with Crippen LogP contribution in [-0.4, -0.2) is 18.9 Å². The van der Waals surface area contributed by atoms with Gasteiger partial charge in [0.05, 0.1) is 27.9 Å². The number of benzene rings is 6. The molecule has 0 aliphatic carbocycles. The Hall–Kier alpha value is -6.79. The lowest BCUT2D eigenvalue weighted by Crippen LogP contribution is -2.31. The minimum atomic E-state index is -1.36. The van der Waals surface area contributed by atoms with Gasteiger partial charge in [0, 0.05) is 51.2 Å². The van der Waals surface area contributed by atoms with E-state index < -0.39 is 6.17 Å². The van der Waals surface area contributed by atoms with E-state index in [0.717, 1.165) is 72.0 Å². The third-order valence-electron chi connectivity index (χ3n) is 11.5. The first-order valence-corrected chi connectivity index (χ1v) is 18.4. The van der Waals surface area contributed by atoms with Gasteiger partial charge in [-0.1, -0.05) is 111 Å². The molecular weight excluding hydrogens is 666 g/mol. The maximum absolute atomic E-state index is 17.1. The number of rotatable bonds is 4. The number of imidazole rings is 1. The average Bonchev–Trinajstić information content (AvgIpc) is 3.85. The van der Waals surface area contributed by atoms with Crippen LogP contribution in [0.5, 0.6) is 0 Å². The van der Waals surface area contributed by atoms with E-state index in [-0.39, 0.29) is 5.41 Å². The number of alkyl halides is 1. The van der Waals surface area contributed by atoms with E-state index in [2.05, 4.69) is 113 Å². The first-order valence-electron chi connectivity index (χ1n) is 18.4. The molecule has 1 unspecified atom stereocenters. The van der Waals surface area contributed by atoms with Crippen LogP contribution in [0.4, 0.5) is 21.5 Å². The lowest BCUT2D eigenvalue weighted by Gasteiger charge is -2.42.